The van der Waals surface area contributed by atoms with E-state index in [9.17, 15) is 14.4 Å². The van der Waals surface area contributed by atoms with Crippen LogP contribution in [0.5, 0.6) is 11.5 Å². The van der Waals surface area contributed by atoms with Crippen molar-refractivity contribution in [2.75, 3.05) is 23.8 Å². The van der Waals surface area contributed by atoms with Gasteiger partial charge in [-0.3, -0.25) is 14.4 Å². The molecule has 0 spiro atoms. The molecule has 0 saturated heterocycles. The first-order valence-corrected chi connectivity index (χ1v) is 12.1. The Morgan fingerprint density at radius 1 is 0.579 bits per heavy atom. The number of ketones is 1. The highest BCUT2D eigenvalue weighted by atomic mass is 16.5. The minimum absolute atomic E-state index is 0.210. The molecule has 38 heavy (non-hydrogen) atoms. The van der Waals surface area contributed by atoms with Gasteiger partial charge in [-0.05, 0) is 67.4 Å². The Hall–Kier alpha value is -4.91. The molecule has 2 N–H and O–H groups in total. The topological polar surface area (TPSA) is 93.7 Å². The van der Waals surface area contributed by atoms with Crippen molar-refractivity contribution in [1.29, 1.82) is 0 Å². The van der Waals surface area contributed by atoms with E-state index >= 15 is 0 Å². The SMILES string of the molecule is Cc1cccc(OCC(=O)Nc2ccc(C(=O)c3ccccc3)cc2NC(=O)COc2cccc(C)c2)c1. The number of anilines is 2. The van der Waals surface area contributed by atoms with Crippen LogP contribution in [0.3, 0.4) is 0 Å². The molecule has 7 nitrogen and oxygen atoms in total. The molecule has 4 rings (SSSR count). The Balaban J connectivity index is 1.50. The maximum Gasteiger partial charge on any atom is 0.262 e. The Morgan fingerprint density at radius 2 is 1.13 bits per heavy atom. The van der Waals surface area contributed by atoms with E-state index < -0.39 is 11.8 Å². The van der Waals surface area contributed by atoms with Gasteiger partial charge in [-0.25, -0.2) is 0 Å². The third kappa shape index (κ3) is 7.30. The molecular formula is C31H28N2O5. The van der Waals surface area contributed by atoms with Crippen LogP contribution in [0.15, 0.2) is 97.1 Å². The highest BCUT2D eigenvalue weighted by Gasteiger charge is 2.16. The Bertz CT molecular complexity index is 1450. The molecule has 2 amide bonds. The molecule has 0 saturated carbocycles. The zero-order valence-electron chi connectivity index (χ0n) is 21.2. The number of ether oxygens (including phenoxy) is 2. The second-order valence-electron chi connectivity index (χ2n) is 8.76. The number of rotatable bonds is 10. The summed E-state index contributed by atoms with van der Waals surface area (Å²) in [6.45, 7) is 3.39. The van der Waals surface area contributed by atoms with Gasteiger partial charge >= 0.3 is 0 Å². The number of benzene rings is 4. The van der Waals surface area contributed by atoms with Crippen LogP contribution in [0.4, 0.5) is 11.4 Å². The number of hydrogen-bond acceptors (Lipinski definition) is 5. The van der Waals surface area contributed by atoms with Gasteiger partial charge in [0.15, 0.2) is 19.0 Å². The highest BCUT2D eigenvalue weighted by Crippen LogP contribution is 2.25. The van der Waals surface area contributed by atoms with Crippen LogP contribution in [-0.4, -0.2) is 30.8 Å². The molecule has 192 valence electrons. The summed E-state index contributed by atoms with van der Waals surface area (Å²) in [5, 5.41) is 5.51. The van der Waals surface area contributed by atoms with E-state index in [2.05, 4.69) is 10.6 Å². The van der Waals surface area contributed by atoms with E-state index in [1.807, 2.05) is 56.3 Å². The van der Waals surface area contributed by atoms with Gasteiger partial charge in [0.1, 0.15) is 11.5 Å². The van der Waals surface area contributed by atoms with Crippen molar-refractivity contribution < 1.29 is 23.9 Å². The number of nitrogens with one attached hydrogen (secondary N) is 2. The summed E-state index contributed by atoms with van der Waals surface area (Å²) >= 11 is 0. The molecule has 4 aromatic carbocycles. The number of aryl methyl sites for hydroxylation is 2. The quantitative estimate of drug-likeness (QED) is 0.273. The number of carbonyl (C=O) groups excluding carboxylic acids is 3. The van der Waals surface area contributed by atoms with Gasteiger partial charge in [-0.15, -0.1) is 0 Å². The summed E-state index contributed by atoms with van der Waals surface area (Å²) in [6, 6.07) is 28.3. The van der Waals surface area contributed by atoms with Crippen LogP contribution in [0, 0.1) is 13.8 Å². The molecule has 0 fully saturated rings. The standard InChI is InChI=1S/C31H28N2O5/c1-21-8-6-12-25(16-21)37-19-29(34)32-27-15-14-24(31(36)23-10-4-3-5-11-23)18-28(27)33-30(35)20-38-26-13-7-9-22(2)17-26/h3-18H,19-20H2,1-2H3,(H,32,34)(H,33,35). The molecule has 0 aliphatic rings. The van der Waals surface area contributed by atoms with E-state index in [4.69, 9.17) is 9.47 Å². The van der Waals surface area contributed by atoms with Crippen molar-refractivity contribution in [3.63, 3.8) is 0 Å². The summed E-state index contributed by atoms with van der Waals surface area (Å²) in [5.74, 6) is 0.0704. The minimum Gasteiger partial charge on any atom is -0.484 e. The average Bonchev–Trinajstić information content (AvgIpc) is 2.92. The molecule has 0 atom stereocenters. The lowest BCUT2D eigenvalue weighted by atomic mass is 10.0. The van der Waals surface area contributed by atoms with E-state index in [1.165, 1.54) is 6.07 Å². The normalized spacial score (nSPS) is 10.4. The molecule has 0 aromatic heterocycles. The minimum atomic E-state index is -0.442. The van der Waals surface area contributed by atoms with Crippen LogP contribution < -0.4 is 20.1 Å². The lowest BCUT2D eigenvalue weighted by Crippen LogP contribution is -2.24. The third-order valence-corrected chi connectivity index (χ3v) is 5.58. The average molecular weight is 509 g/mol. The molecule has 0 bridgehead atoms. The Labute approximate surface area is 221 Å². The van der Waals surface area contributed by atoms with Gasteiger partial charge in [0.2, 0.25) is 0 Å². The van der Waals surface area contributed by atoms with Crippen molar-refractivity contribution in [1.82, 2.24) is 0 Å². The van der Waals surface area contributed by atoms with Crippen LogP contribution in [0.25, 0.3) is 0 Å². The summed E-state index contributed by atoms with van der Waals surface area (Å²) < 4.78 is 11.2. The zero-order valence-corrected chi connectivity index (χ0v) is 21.2. The molecule has 0 radical (unpaired) electrons. The summed E-state index contributed by atoms with van der Waals surface area (Å²) in [6.07, 6.45) is 0. The van der Waals surface area contributed by atoms with E-state index in [1.54, 1.807) is 48.5 Å². The Kier molecular flexibility index (Phi) is 8.51. The van der Waals surface area contributed by atoms with Crippen molar-refractivity contribution in [3.05, 3.63) is 119 Å². The number of amides is 2. The van der Waals surface area contributed by atoms with Crippen LogP contribution in [0.2, 0.25) is 0 Å². The van der Waals surface area contributed by atoms with Crippen molar-refractivity contribution in [2.45, 2.75) is 13.8 Å². The highest BCUT2D eigenvalue weighted by molar-refractivity contribution is 6.11. The smallest absolute Gasteiger partial charge is 0.262 e. The van der Waals surface area contributed by atoms with Crippen LogP contribution >= 0.6 is 0 Å². The van der Waals surface area contributed by atoms with Crippen molar-refractivity contribution >= 4 is 29.0 Å². The number of hydrogen-bond donors (Lipinski definition) is 2. The predicted octanol–water partition coefficient (Wildman–Crippen LogP) is 5.57. The second kappa shape index (κ2) is 12.4. The molecule has 4 aromatic rings. The number of carbonyl (C=O) groups is 3. The third-order valence-electron chi connectivity index (χ3n) is 5.58. The maximum absolute atomic E-state index is 13.0. The van der Waals surface area contributed by atoms with Crippen molar-refractivity contribution in [3.8, 4) is 11.5 Å². The van der Waals surface area contributed by atoms with E-state index in [0.717, 1.165) is 11.1 Å². The molecular weight excluding hydrogens is 480 g/mol. The van der Waals surface area contributed by atoms with Gasteiger partial charge in [-0.1, -0.05) is 54.6 Å². The molecule has 7 heteroatoms. The molecule has 0 heterocycles. The van der Waals surface area contributed by atoms with E-state index in [0.29, 0.717) is 28.3 Å². The van der Waals surface area contributed by atoms with E-state index in [-0.39, 0.29) is 24.7 Å². The summed E-state index contributed by atoms with van der Waals surface area (Å²) in [4.78, 5) is 38.4. The molecule has 0 aliphatic heterocycles. The van der Waals surface area contributed by atoms with Crippen LogP contribution in [0.1, 0.15) is 27.0 Å². The van der Waals surface area contributed by atoms with Gasteiger partial charge in [0, 0.05) is 11.1 Å². The molecule has 0 aliphatic carbocycles. The summed E-state index contributed by atoms with van der Waals surface area (Å²) in [7, 11) is 0. The first kappa shape index (κ1) is 26.2. The first-order chi connectivity index (χ1) is 18.4. The zero-order chi connectivity index (χ0) is 26.9. The fraction of sp³-hybridized carbons (Fsp3) is 0.129. The summed E-state index contributed by atoms with van der Waals surface area (Å²) in [5.41, 5.74) is 3.49. The largest absolute Gasteiger partial charge is 0.484 e. The first-order valence-electron chi connectivity index (χ1n) is 12.1. The lowest BCUT2D eigenvalue weighted by molar-refractivity contribution is -0.119. The van der Waals surface area contributed by atoms with Crippen LogP contribution in [-0.2, 0) is 9.59 Å². The van der Waals surface area contributed by atoms with Gasteiger partial charge in [0.05, 0.1) is 11.4 Å². The Morgan fingerprint density at radius 3 is 1.68 bits per heavy atom. The van der Waals surface area contributed by atoms with Gasteiger partial charge < -0.3 is 20.1 Å². The second-order valence-corrected chi connectivity index (χ2v) is 8.76. The fourth-order valence-electron chi connectivity index (χ4n) is 3.73. The van der Waals surface area contributed by atoms with Gasteiger partial charge in [-0.2, -0.15) is 0 Å². The maximum atomic E-state index is 13.0. The van der Waals surface area contributed by atoms with Crippen molar-refractivity contribution in [2.24, 2.45) is 0 Å². The van der Waals surface area contributed by atoms with Gasteiger partial charge in [0.25, 0.3) is 11.8 Å². The predicted molar refractivity (Wildman–Crippen MR) is 147 cm³/mol. The fourth-order valence-corrected chi connectivity index (χ4v) is 3.73. The molecule has 0 unspecified atom stereocenters. The lowest BCUT2D eigenvalue weighted by Gasteiger charge is -2.15. The monoisotopic (exact) mass is 508 g/mol.